The maximum Gasteiger partial charge on any atom is 0.243 e. The molecule has 1 aromatic carbocycles. The third-order valence-electron chi connectivity index (χ3n) is 3.28. The lowest BCUT2D eigenvalue weighted by atomic mass is 10.1. The average molecular weight is 298 g/mol. The van der Waals surface area contributed by atoms with Gasteiger partial charge in [0, 0.05) is 19.6 Å². The lowest BCUT2D eigenvalue weighted by molar-refractivity contribution is 0.426. The molecule has 1 aromatic rings. The Bertz CT molecular complexity index is 527. The summed E-state index contributed by atoms with van der Waals surface area (Å²) in [4.78, 5) is 0.434. The molecule has 0 saturated heterocycles. The molecule has 114 valence electrons. The molecule has 0 bridgehead atoms. The fraction of sp³-hybridized carbons (Fsp3) is 0.600. The molecule has 0 aromatic heterocycles. The van der Waals surface area contributed by atoms with Crippen LogP contribution < -0.4 is 5.32 Å². The first-order valence-electron chi connectivity index (χ1n) is 7.27. The van der Waals surface area contributed by atoms with Gasteiger partial charge in [-0.3, -0.25) is 0 Å². The molecule has 0 amide bonds. The molecule has 0 spiro atoms. The van der Waals surface area contributed by atoms with Crippen LogP contribution in [0.15, 0.2) is 23.1 Å². The first-order chi connectivity index (χ1) is 9.47. The van der Waals surface area contributed by atoms with Gasteiger partial charge in [0.2, 0.25) is 10.0 Å². The molecule has 0 aliphatic heterocycles. The summed E-state index contributed by atoms with van der Waals surface area (Å²) in [7, 11) is -3.39. The Morgan fingerprint density at radius 2 is 1.90 bits per heavy atom. The van der Waals surface area contributed by atoms with Gasteiger partial charge < -0.3 is 5.32 Å². The van der Waals surface area contributed by atoms with E-state index in [1.807, 2.05) is 39.8 Å². The van der Waals surface area contributed by atoms with Crippen molar-refractivity contribution in [2.24, 2.45) is 0 Å². The van der Waals surface area contributed by atoms with Crippen LogP contribution in [-0.4, -0.2) is 32.4 Å². The average Bonchev–Trinajstić information content (AvgIpc) is 2.43. The van der Waals surface area contributed by atoms with Crippen molar-refractivity contribution in [3.8, 4) is 0 Å². The van der Waals surface area contributed by atoms with Crippen LogP contribution in [0.25, 0.3) is 0 Å². The lowest BCUT2D eigenvalue weighted by Crippen LogP contribution is -2.32. The summed E-state index contributed by atoms with van der Waals surface area (Å²) in [6.07, 6.45) is 0.823. The van der Waals surface area contributed by atoms with Gasteiger partial charge in [-0.1, -0.05) is 32.9 Å². The molecule has 1 rings (SSSR count). The molecule has 0 fully saturated rings. The third kappa shape index (κ3) is 4.04. The number of benzene rings is 1. The van der Waals surface area contributed by atoms with Crippen LogP contribution >= 0.6 is 0 Å². The summed E-state index contributed by atoms with van der Waals surface area (Å²) in [6, 6.07) is 5.66. The van der Waals surface area contributed by atoms with E-state index in [2.05, 4.69) is 5.32 Å². The second-order valence-corrected chi connectivity index (χ2v) is 6.78. The highest BCUT2D eigenvalue weighted by molar-refractivity contribution is 7.89. The van der Waals surface area contributed by atoms with Gasteiger partial charge in [0.1, 0.15) is 0 Å². The summed E-state index contributed by atoms with van der Waals surface area (Å²) in [5, 5.41) is 3.22. The highest BCUT2D eigenvalue weighted by Crippen LogP contribution is 2.21. The summed E-state index contributed by atoms with van der Waals surface area (Å²) >= 11 is 0. The maximum absolute atomic E-state index is 12.7. The third-order valence-corrected chi connectivity index (χ3v) is 5.39. The first kappa shape index (κ1) is 17.1. The van der Waals surface area contributed by atoms with Gasteiger partial charge >= 0.3 is 0 Å². The Hall–Kier alpha value is -0.910. The molecule has 0 aliphatic rings. The molecule has 0 atom stereocenters. The van der Waals surface area contributed by atoms with Crippen molar-refractivity contribution in [2.45, 2.75) is 45.6 Å². The fourth-order valence-corrected chi connectivity index (χ4v) is 3.95. The van der Waals surface area contributed by atoms with Crippen molar-refractivity contribution in [1.82, 2.24) is 9.62 Å². The van der Waals surface area contributed by atoms with Crippen molar-refractivity contribution < 1.29 is 8.42 Å². The Labute approximate surface area is 123 Å². The zero-order chi connectivity index (χ0) is 15.2. The van der Waals surface area contributed by atoms with E-state index < -0.39 is 10.0 Å². The minimum atomic E-state index is -3.39. The highest BCUT2D eigenvalue weighted by Gasteiger charge is 2.24. The van der Waals surface area contributed by atoms with Crippen LogP contribution in [0.5, 0.6) is 0 Å². The first-order valence-corrected chi connectivity index (χ1v) is 8.71. The number of aryl methyl sites for hydroxylation is 1. The van der Waals surface area contributed by atoms with Crippen LogP contribution in [-0.2, 0) is 16.6 Å². The van der Waals surface area contributed by atoms with E-state index in [1.54, 1.807) is 10.4 Å². The molecule has 1 N–H and O–H groups in total. The van der Waals surface area contributed by atoms with Crippen LogP contribution in [0.2, 0.25) is 0 Å². The molecule has 4 nitrogen and oxygen atoms in total. The maximum atomic E-state index is 12.7. The zero-order valence-corrected chi connectivity index (χ0v) is 13.8. The standard InChI is InChI=1S/C15H26N2O2S/c1-5-10-17(7-3)20(18,19)15-11-14(12-16-6-2)9-8-13(15)4/h8-9,11,16H,5-7,10,12H2,1-4H3. The van der Waals surface area contributed by atoms with Gasteiger partial charge in [0.25, 0.3) is 0 Å². The fourth-order valence-electron chi connectivity index (χ4n) is 2.14. The minimum Gasteiger partial charge on any atom is -0.313 e. The van der Waals surface area contributed by atoms with Crippen molar-refractivity contribution >= 4 is 10.0 Å². The van der Waals surface area contributed by atoms with Gasteiger partial charge in [0.15, 0.2) is 0 Å². The van der Waals surface area contributed by atoms with Crippen LogP contribution in [0.1, 0.15) is 38.3 Å². The number of nitrogens with zero attached hydrogens (tertiary/aromatic N) is 1. The molecular formula is C15H26N2O2S. The second kappa shape index (κ2) is 7.76. The Morgan fingerprint density at radius 1 is 1.20 bits per heavy atom. The minimum absolute atomic E-state index is 0.434. The van der Waals surface area contributed by atoms with Gasteiger partial charge in [0.05, 0.1) is 4.90 Å². The van der Waals surface area contributed by atoms with Crippen LogP contribution in [0, 0.1) is 6.92 Å². The second-order valence-electron chi connectivity index (χ2n) is 4.88. The molecule has 0 aliphatic carbocycles. The van der Waals surface area contributed by atoms with E-state index >= 15 is 0 Å². The molecule has 5 heteroatoms. The zero-order valence-electron chi connectivity index (χ0n) is 12.9. The largest absolute Gasteiger partial charge is 0.313 e. The van der Waals surface area contributed by atoms with Crippen molar-refractivity contribution in [2.75, 3.05) is 19.6 Å². The monoisotopic (exact) mass is 298 g/mol. The van der Waals surface area contributed by atoms with Crippen molar-refractivity contribution in [3.05, 3.63) is 29.3 Å². The van der Waals surface area contributed by atoms with Gasteiger partial charge in [-0.15, -0.1) is 0 Å². The normalized spacial score (nSPS) is 12.1. The SMILES string of the molecule is CCCN(CC)S(=O)(=O)c1cc(CNCC)ccc1C. The van der Waals surface area contributed by atoms with Gasteiger partial charge in [-0.2, -0.15) is 4.31 Å². The molecule has 0 saturated carbocycles. The predicted octanol–water partition coefficient (Wildman–Crippen LogP) is 2.53. The van der Waals surface area contributed by atoms with Crippen LogP contribution in [0.3, 0.4) is 0 Å². The van der Waals surface area contributed by atoms with E-state index in [-0.39, 0.29) is 0 Å². The number of hydrogen-bond donors (Lipinski definition) is 1. The lowest BCUT2D eigenvalue weighted by Gasteiger charge is -2.21. The smallest absolute Gasteiger partial charge is 0.243 e. The quantitative estimate of drug-likeness (QED) is 0.802. The van der Waals surface area contributed by atoms with Crippen molar-refractivity contribution in [1.29, 1.82) is 0 Å². The molecular weight excluding hydrogens is 272 g/mol. The summed E-state index contributed by atoms with van der Waals surface area (Å²) in [5.74, 6) is 0. The van der Waals surface area contributed by atoms with Crippen molar-refractivity contribution in [3.63, 3.8) is 0 Å². The molecule has 0 radical (unpaired) electrons. The molecule has 0 heterocycles. The number of hydrogen-bond acceptors (Lipinski definition) is 3. The predicted molar refractivity (Wildman–Crippen MR) is 83.3 cm³/mol. The Morgan fingerprint density at radius 3 is 2.45 bits per heavy atom. The summed E-state index contributed by atoms with van der Waals surface area (Å²) in [6.45, 7) is 10.4. The highest BCUT2D eigenvalue weighted by atomic mass is 32.2. The molecule has 0 unspecified atom stereocenters. The van der Waals surface area contributed by atoms with Gasteiger partial charge in [-0.05, 0) is 37.1 Å². The summed E-state index contributed by atoms with van der Waals surface area (Å²) < 4.78 is 27.0. The van der Waals surface area contributed by atoms with Gasteiger partial charge in [-0.25, -0.2) is 8.42 Å². The van der Waals surface area contributed by atoms with E-state index in [1.165, 1.54) is 0 Å². The topological polar surface area (TPSA) is 49.4 Å². The van der Waals surface area contributed by atoms with Crippen LogP contribution in [0.4, 0.5) is 0 Å². The van der Waals surface area contributed by atoms with E-state index in [9.17, 15) is 8.42 Å². The van der Waals surface area contributed by atoms with E-state index in [4.69, 9.17) is 0 Å². The number of sulfonamides is 1. The number of rotatable bonds is 8. The molecule has 20 heavy (non-hydrogen) atoms. The Kier molecular flexibility index (Phi) is 6.65. The van der Waals surface area contributed by atoms with E-state index in [0.29, 0.717) is 24.5 Å². The summed E-state index contributed by atoms with van der Waals surface area (Å²) in [5.41, 5.74) is 1.81. The number of nitrogens with one attached hydrogen (secondary N) is 1. The van der Waals surface area contributed by atoms with E-state index in [0.717, 1.165) is 24.1 Å². The Balaban J connectivity index is 3.15.